The summed E-state index contributed by atoms with van der Waals surface area (Å²) in [6, 6.07) is 3.54. The van der Waals surface area contributed by atoms with Gasteiger partial charge in [-0.3, -0.25) is 0 Å². The minimum Gasteiger partial charge on any atom is -0.464 e. The summed E-state index contributed by atoms with van der Waals surface area (Å²) in [4.78, 5) is 0. The molecule has 0 unspecified atom stereocenters. The summed E-state index contributed by atoms with van der Waals surface area (Å²) in [6.45, 7) is 1.45. The zero-order valence-electron chi connectivity index (χ0n) is 9.83. The molecule has 18 heavy (non-hydrogen) atoms. The van der Waals surface area contributed by atoms with Crippen LogP contribution in [0, 0.1) is 12.3 Å². The Bertz CT molecular complexity index is 376. The quantitative estimate of drug-likeness (QED) is 0.558. The van der Waals surface area contributed by atoms with Crippen molar-refractivity contribution in [3.8, 4) is 12.3 Å². The molecular formula is C12H15F2NOS2. The third kappa shape index (κ3) is 6.94. The summed E-state index contributed by atoms with van der Waals surface area (Å²) in [6.07, 6.45) is 5.13. The van der Waals surface area contributed by atoms with Gasteiger partial charge >= 0.3 is 0 Å². The molecule has 2 nitrogen and oxygen atoms in total. The molecule has 100 valence electrons. The van der Waals surface area contributed by atoms with Gasteiger partial charge in [-0.2, -0.15) is 8.78 Å². The third-order valence-corrected chi connectivity index (χ3v) is 3.54. The van der Waals surface area contributed by atoms with Crippen molar-refractivity contribution in [3.05, 3.63) is 23.7 Å². The van der Waals surface area contributed by atoms with Gasteiger partial charge in [0.25, 0.3) is 5.76 Å². The number of hydrogen-bond acceptors (Lipinski definition) is 4. The molecule has 1 aromatic rings. The number of halogens is 2. The van der Waals surface area contributed by atoms with E-state index in [1.807, 2.05) is 6.07 Å². The summed E-state index contributed by atoms with van der Waals surface area (Å²) in [7, 11) is 0. The molecular weight excluding hydrogens is 276 g/mol. The molecule has 0 fully saturated rings. The second-order valence-corrected chi connectivity index (χ2v) is 5.46. The van der Waals surface area contributed by atoms with Gasteiger partial charge in [-0.05, 0) is 12.1 Å². The van der Waals surface area contributed by atoms with Crippen molar-refractivity contribution in [3.63, 3.8) is 0 Å². The molecule has 1 heterocycles. The van der Waals surface area contributed by atoms with Gasteiger partial charge in [0.2, 0.25) is 0 Å². The highest BCUT2D eigenvalue weighted by atomic mass is 32.2. The number of alkyl halides is 2. The lowest BCUT2D eigenvalue weighted by Crippen LogP contribution is -2.16. The van der Waals surface area contributed by atoms with E-state index >= 15 is 0 Å². The van der Waals surface area contributed by atoms with Crippen LogP contribution in [0.3, 0.4) is 0 Å². The van der Waals surface area contributed by atoms with Crippen molar-refractivity contribution in [1.29, 1.82) is 0 Å². The van der Waals surface area contributed by atoms with Gasteiger partial charge in [0.15, 0.2) is 0 Å². The van der Waals surface area contributed by atoms with Crippen LogP contribution in [0.1, 0.15) is 11.5 Å². The predicted octanol–water partition coefficient (Wildman–Crippen LogP) is 3.19. The Hall–Kier alpha value is -0.640. The Kier molecular flexibility index (Phi) is 7.98. The molecule has 0 saturated carbocycles. The first-order chi connectivity index (χ1) is 8.72. The molecule has 0 radical (unpaired) electrons. The van der Waals surface area contributed by atoms with Crippen molar-refractivity contribution in [2.75, 3.05) is 18.1 Å². The number of nitrogens with one attached hydrogen (secondary N) is 1. The number of terminal acetylenes is 1. The molecule has 0 saturated heterocycles. The van der Waals surface area contributed by atoms with Crippen LogP contribution in [0.15, 0.2) is 16.5 Å². The highest BCUT2D eigenvalue weighted by Gasteiger charge is 2.06. The summed E-state index contributed by atoms with van der Waals surface area (Å²) < 4.78 is 29.3. The Balaban J connectivity index is 2.13. The maximum Gasteiger partial charge on any atom is 0.284 e. The van der Waals surface area contributed by atoms with E-state index in [0.29, 0.717) is 24.1 Å². The van der Waals surface area contributed by atoms with E-state index < -0.39 is 5.76 Å². The van der Waals surface area contributed by atoms with Crippen LogP contribution in [0.4, 0.5) is 8.78 Å². The molecule has 0 aliphatic heterocycles. The number of thioether (sulfide) groups is 2. The highest BCUT2D eigenvalue weighted by molar-refractivity contribution is 7.99. The first-order valence-corrected chi connectivity index (χ1v) is 7.62. The summed E-state index contributed by atoms with van der Waals surface area (Å²) in [5.74, 6) is 3.41. The van der Waals surface area contributed by atoms with Crippen LogP contribution in [0.5, 0.6) is 0 Å². The zero-order chi connectivity index (χ0) is 13.2. The molecule has 1 rings (SSSR count). The Morgan fingerprint density at radius 3 is 2.89 bits per heavy atom. The van der Waals surface area contributed by atoms with E-state index in [0.717, 1.165) is 23.8 Å². The van der Waals surface area contributed by atoms with Crippen molar-refractivity contribution in [2.45, 2.75) is 18.1 Å². The number of hydrogen-bond donors (Lipinski definition) is 1. The van der Waals surface area contributed by atoms with Crippen molar-refractivity contribution < 1.29 is 13.2 Å². The topological polar surface area (TPSA) is 25.2 Å². The lowest BCUT2D eigenvalue weighted by Gasteiger charge is -2.01. The molecule has 0 aliphatic carbocycles. The lowest BCUT2D eigenvalue weighted by atomic mass is 10.4. The lowest BCUT2D eigenvalue weighted by molar-refractivity contribution is 0.251. The van der Waals surface area contributed by atoms with Gasteiger partial charge < -0.3 is 9.73 Å². The van der Waals surface area contributed by atoms with E-state index in [9.17, 15) is 8.78 Å². The molecule has 0 amide bonds. The fourth-order valence-electron chi connectivity index (χ4n) is 1.23. The van der Waals surface area contributed by atoms with Gasteiger partial charge in [0.05, 0.1) is 18.1 Å². The van der Waals surface area contributed by atoms with Gasteiger partial charge in [0, 0.05) is 12.3 Å². The second-order valence-electron chi connectivity index (χ2n) is 3.37. The van der Waals surface area contributed by atoms with E-state index in [1.165, 1.54) is 0 Å². The van der Waals surface area contributed by atoms with Crippen LogP contribution in [0.2, 0.25) is 0 Å². The average Bonchev–Trinajstić information content (AvgIpc) is 2.79. The summed E-state index contributed by atoms with van der Waals surface area (Å²) in [5.41, 5.74) is 0. The summed E-state index contributed by atoms with van der Waals surface area (Å²) in [5, 5.41) is 3.20. The number of furan rings is 1. The Morgan fingerprint density at radius 1 is 1.39 bits per heavy atom. The second kappa shape index (κ2) is 9.31. The normalized spacial score (nSPS) is 10.8. The molecule has 0 bridgehead atoms. The predicted molar refractivity (Wildman–Crippen MR) is 73.9 cm³/mol. The minimum atomic E-state index is -2.36. The van der Waals surface area contributed by atoms with Gasteiger partial charge in [0.1, 0.15) is 11.5 Å². The molecule has 6 heteroatoms. The number of rotatable bonds is 9. The first-order valence-electron chi connectivity index (χ1n) is 5.41. The SMILES string of the molecule is C#CCSCCNCc1ccc(CSC(F)F)o1. The maximum atomic E-state index is 12.0. The van der Waals surface area contributed by atoms with Gasteiger partial charge in [-0.25, -0.2) is 0 Å². The average molecular weight is 291 g/mol. The zero-order valence-corrected chi connectivity index (χ0v) is 11.5. The molecule has 0 aromatic carbocycles. The largest absolute Gasteiger partial charge is 0.464 e. The maximum absolute atomic E-state index is 12.0. The summed E-state index contributed by atoms with van der Waals surface area (Å²) >= 11 is 2.25. The first kappa shape index (κ1) is 15.4. The third-order valence-electron chi connectivity index (χ3n) is 1.98. The monoisotopic (exact) mass is 291 g/mol. The van der Waals surface area contributed by atoms with E-state index in [4.69, 9.17) is 10.8 Å². The van der Waals surface area contributed by atoms with Crippen molar-refractivity contribution in [1.82, 2.24) is 5.32 Å². The van der Waals surface area contributed by atoms with Crippen LogP contribution >= 0.6 is 23.5 Å². The molecule has 0 aliphatic rings. The molecule has 1 N–H and O–H groups in total. The van der Waals surface area contributed by atoms with E-state index in [-0.39, 0.29) is 5.75 Å². The van der Waals surface area contributed by atoms with Crippen LogP contribution in [-0.4, -0.2) is 23.8 Å². The standard InChI is InChI=1S/C12H15F2NOS2/c1-2-6-17-7-5-15-8-10-3-4-11(16-10)9-18-12(13)14/h1,3-4,12,15H,5-9H2. The molecule has 0 spiro atoms. The molecule has 1 aromatic heterocycles. The highest BCUT2D eigenvalue weighted by Crippen LogP contribution is 2.21. The van der Waals surface area contributed by atoms with Gasteiger partial charge in [-0.15, -0.1) is 18.2 Å². The smallest absolute Gasteiger partial charge is 0.284 e. The molecule has 0 atom stereocenters. The Morgan fingerprint density at radius 2 is 2.17 bits per heavy atom. The van der Waals surface area contributed by atoms with Crippen LogP contribution in [0.25, 0.3) is 0 Å². The van der Waals surface area contributed by atoms with Crippen molar-refractivity contribution in [2.24, 2.45) is 0 Å². The fraction of sp³-hybridized carbons (Fsp3) is 0.500. The van der Waals surface area contributed by atoms with Crippen LogP contribution < -0.4 is 5.32 Å². The van der Waals surface area contributed by atoms with E-state index in [2.05, 4.69) is 11.2 Å². The van der Waals surface area contributed by atoms with Gasteiger partial charge in [-0.1, -0.05) is 17.7 Å². The fourth-order valence-corrected chi connectivity index (χ4v) is 2.22. The van der Waals surface area contributed by atoms with Crippen molar-refractivity contribution >= 4 is 23.5 Å². The Labute approximate surface area is 114 Å². The minimum absolute atomic E-state index is 0.204. The van der Waals surface area contributed by atoms with E-state index in [1.54, 1.807) is 17.8 Å². The van der Waals surface area contributed by atoms with Crippen LogP contribution in [-0.2, 0) is 12.3 Å².